The number of nitrogens with two attached hydrogens (primary N) is 1. The van der Waals surface area contributed by atoms with Crippen molar-refractivity contribution in [2.45, 2.75) is 78.5 Å². The lowest BCUT2D eigenvalue weighted by Crippen LogP contribution is -2.68. The summed E-state index contributed by atoms with van der Waals surface area (Å²) >= 11 is 0. The first kappa shape index (κ1) is 28.7. The van der Waals surface area contributed by atoms with Gasteiger partial charge in [0.1, 0.15) is 11.6 Å². The number of rotatable bonds is 8. The van der Waals surface area contributed by atoms with Crippen molar-refractivity contribution in [3.05, 3.63) is 47.5 Å². The standard InChI is InChI=1S/C28H42N2O5/c1-17(2)24(26(33)35-7)30(20(6)31)27(34)28(29,18(3)4)23-14-13-19(5)15-22(25(23)32)16-21-11-9-8-10-12-21/h8-13,17-18,22-25,32H,14-16,29H2,1-7H3/t22?,23?,24-,25?,28+/m0/s1. The van der Waals surface area contributed by atoms with Crippen molar-refractivity contribution in [2.75, 3.05) is 7.11 Å². The first-order valence-corrected chi connectivity index (χ1v) is 12.4. The zero-order valence-electron chi connectivity index (χ0n) is 22.2. The van der Waals surface area contributed by atoms with Gasteiger partial charge in [-0.3, -0.25) is 14.5 Å². The highest BCUT2D eigenvalue weighted by atomic mass is 16.5. The summed E-state index contributed by atoms with van der Waals surface area (Å²) in [6.07, 6.45) is 2.87. The number of methoxy groups -OCH3 is 1. The molecule has 194 valence electrons. The molecule has 0 spiro atoms. The number of aliphatic hydroxyl groups is 1. The molecule has 0 aromatic heterocycles. The maximum Gasteiger partial charge on any atom is 0.329 e. The van der Waals surface area contributed by atoms with Crippen molar-refractivity contribution in [1.29, 1.82) is 0 Å². The molecule has 2 rings (SSSR count). The quantitative estimate of drug-likeness (QED) is 0.430. The summed E-state index contributed by atoms with van der Waals surface area (Å²) in [5.41, 5.74) is 7.60. The largest absolute Gasteiger partial charge is 0.467 e. The van der Waals surface area contributed by atoms with Gasteiger partial charge in [-0.05, 0) is 49.5 Å². The van der Waals surface area contributed by atoms with Gasteiger partial charge >= 0.3 is 5.97 Å². The average molecular weight is 487 g/mol. The molecule has 0 bridgehead atoms. The maximum atomic E-state index is 14.2. The van der Waals surface area contributed by atoms with Crippen LogP contribution in [0.3, 0.4) is 0 Å². The zero-order valence-corrected chi connectivity index (χ0v) is 22.2. The van der Waals surface area contributed by atoms with E-state index >= 15 is 0 Å². The number of carbonyl (C=O) groups excluding carboxylic acids is 3. The smallest absolute Gasteiger partial charge is 0.329 e. The van der Waals surface area contributed by atoms with E-state index in [4.69, 9.17) is 10.5 Å². The molecule has 0 heterocycles. The Morgan fingerprint density at radius 2 is 1.77 bits per heavy atom. The lowest BCUT2D eigenvalue weighted by Gasteiger charge is -2.46. The van der Waals surface area contributed by atoms with E-state index in [1.807, 2.05) is 57.2 Å². The molecule has 5 atom stereocenters. The van der Waals surface area contributed by atoms with Gasteiger partial charge in [-0.15, -0.1) is 0 Å². The Labute approximate surface area is 209 Å². The van der Waals surface area contributed by atoms with E-state index in [1.54, 1.807) is 13.8 Å². The van der Waals surface area contributed by atoms with Gasteiger partial charge in [-0.25, -0.2) is 4.79 Å². The second-order valence-electron chi connectivity index (χ2n) is 10.5. The Morgan fingerprint density at radius 3 is 2.26 bits per heavy atom. The lowest BCUT2D eigenvalue weighted by atomic mass is 9.68. The predicted molar refractivity (Wildman–Crippen MR) is 136 cm³/mol. The van der Waals surface area contributed by atoms with Gasteiger partial charge in [0.15, 0.2) is 0 Å². The molecular formula is C28H42N2O5. The first-order valence-electron chi connectivity index (χ1n) is 12.4. The number of allylic oxidation sites excluding steroid dienone is 2. The van der Waals surface area contributed by atoms with Crippen molar-refractivity contribution < 1.29 is 24.2 Å². The molecule has 7 heteroatoms. The molecule has 0 aliphatic heterocycles. The molecule has 2 amide bonds. The maximum absolute atomic E-state index is 14.2. The van der Waals surface area contributed by atoms with Gasteiger partial charge in [-0.1, -0.05) is 69.7 Å². The molecule has 35 heavy (non-hydrogen) atoms. The number of nitrogens with zero attached hydrogens (tertiary/aromatic N) is 1. The number of aliphatic hydroxyl groups excluding tert-OH is 1. The molecule has 0 saturated heterocycles. The number of amides is 2. The Morgan fingerprint density at radius 1 is 1.17 bits per heavy atom. The first-order chi connectivity index (χ1) is 16.4. The van der Waals surface area contributed by atoms with E-state index in [-0.39, 0.29) is 11.8 Å². The van der Waals surface area contributed by atoms with Crippen molar-refractivity contribution in [1.82, 2.24) is 4.90 Å². The van der Waals surface area contributed by atoms with Crippen molar-refractivity contribution in [3.8, 4) is 0 Å². The number of hydrogen-bond acceptors (Lipinski definition) is 6. The summed E-state index contributed by atoms with van der Waals surface area (Å²) in [5.74, 6) is -3.49. The van der Waals surface area contributed by atoms with E-state index in [1.165, 1.54) is 14.0 Å². The predicted octanol–water partition coefficient (Wildman–Crippen LogP) is 3.49. The Balaban J connectivity index is 2.55. The highest BCUT2D eigenvalue weighted by Crippen LogP contribution is 2.40. The van der Waals surface area contributed by atoms with Gasteiger partial charge in [-0.2, -0.15) is 0 Å². The molecule has 0 fully saturated rings. The Bertz CT molecular complexity index is 927. The fourth-order valence-electron chi connectivity index (χ4n) is 5.31. The molecule has 1 aliphatic carbocycles. The second-order valence-corrected chi connectivity index (χ2v) is 10.5. The fraction of sp³-hybridized carbons (Fsp3) is 0.607. The molecule has 3 unspecified atom stereocenters. The van der Waals surface area contributed by atoms with Gasteiger partial charge in [0.05, 0.1) is 13.2 Å². The number of imide groups is 1. The Kier molecular flexibility index (Phi) is 9.81. The van der Waals surface area contributed by atoms with Crippen LogP contribution < -0.4 is 5.73 Å². The van der Waals surface area contributed by atoms with E-state index in [0.29, 0.717) is 19.3 Å². The third-order valence-corrected chi connectivity index (χ3v) is 7.39. The third-order valence-electron chi connectivity index (χ3n) is 7.39. The zero-order chi connectivity index (χ0) is 26.5. The third kappa shape index (κ3) is 6.19. The topological polar surface area (TPSA) is 110 Å². The van der Waals surface area contributed by atoms with Gasteiger partial charge in [0.25, 0.3) is 5.91 Å². The summed E-state index contributed by atoms with van der Waals surface area (Å²) in [5, 5.41) is 11.7. The van der Waals surface area contributed by atoms with Gasteiger partial charge in [0, 0.05) is 12.8 Å². The number of carbonyl (C=O) groups is 3. The lowest BCUT2D eigenvalue weighted by molar-refractivity contribution is -0.166. The van der Waals surface area contributed by atoms with Crippen molar-refractivity contribution in [2.24, 2.45) is 29.4 Å². The Hall–Kier alpha value is -2.51. The van der Waals surface area contributed by atoms with Gasteiger partial charge < -0.3 is 15.6 Å². The number of benzene rings is 1. The van der Waals surface area contributed by atoms with Crippen LogP contribution in [0.25, 0.3) is 0 Å². The summed E-state index contributed by atoms with van der Waals surface area (Å²) < 4.78 is 4.93. The minimum atomic E-state index is -1.58. The number of hydrogen-bond donors (Lipinski definition) is 2. The molecule has 0 radical (unpaired) electrons. The van der Waals surface area contributed by atoms with Crippen LogP contribution in [-0.4, -0.2) is 52.6 Å². The molecule has 7 nitrogen and oxygen atoms in total. The molecule has 1 aromatic rings. The van der Waals surface area contributed by atoms with Crippen LogP contribution in [0, 0.1) is 23.7 Å². The van der Waals surface area contributed by atoms with E-state index in [0.717, 1.165) is 16.0 Å². The minimum absolute atomic E-state index is 0.150. The highest BCUT2D eigenvalue weighted by Gasteiger charge is 2.53. The monoisotopic (exact) mass is 486 g/mol. The second kappa shape index (κ2) is 12.0. The molecule has 1 aromatic carbocycles. The summed E-state index contributed by atoms with van der Waals surface area (Å²) in [7, 11) is 1.23. The van der Waals surface area contributed by atoms with E-state index in [9.17, 15) is 19.5 Å². The van der Waals surface area contributed by atoms with Crippen molar-refractivity contribution in [3.63, 3.8) is 0 Å². The molecule has 1 aliphatic rings. The number of esters is 1. The van der Waals surface area contributed by atoms with Crippen LogP contribution in [0.4, 0.5) is 0 Å². The summed E-state index contributed by atoms with van der Waals surface area (Å²) in [6.45, 7) is 10.4. The molecule has 0 saturated carbocycles. The van der Waals surface area contributed by atoms with Gasteiger partial charge in [0.2, 0.25) is 5.91 Å². The SMILES string of the molecule is COC(=O)[C@H](C(C)C)N(C(C)=O)C(=O)[C@@](N)(C(C)C)C1CC=C(C)CC(Cc2ccccc2)C1O. The van der Waals surface area contributed by atoms with Crippen LogP contribution in [0.2, 0.25) is 0 Å². The van der Waals surface area contributed by atoms with Crippen LogP contribution in [-0.2, 0) is 25.5 Å². The van der Waals surface area contributed by atoms with E-state index < -0.39 is 47.3 Å². The molecular weight excluding hydrogens is 444 g/mol. The summed E-state index contributed by atoms with van der Waals surface area (Å²) in [4.78, 5) is 40.5. The van der Waals surface area contributed by atoms with Crippen LogP contribution in [0.15, 0.2) is 42.0 Å². The van der Waals surface area contributed by atoms with Crippen LogP contribution in [0.1, 0.15) is 59.9 Å². The summed E-state index contributed by atoms with van der Waals surface area (Å²) in [6, 6.07) is 8.82. The fourth-order valence-corrected chi connectivity index (χ4v) is 5.31. The normalized spacial score (nSPS) is 23.2. The van der Waals surface area contributed by atoms with Crippen LogP contribution in [0.5, 0.6) is 0 Å². The highest BCUT2D eigenvalue weighted by molar-refractivity contribution is 6.03. The van der Waals surface area contributed by atoms with E-state index in [2.05, 4.69) is 0 Å². The molecule has 3 N–H and O–H groups in total. The minimum Gasteiger partial charge on any atom is -0.467 e. The average Bonchev–Trinajstić information content (AvgIpc) is 2.94. The van der Waals surface area contributed by atoms with Crippen LogP contribution >= 0.6 is 0 Å². The number of ether oxygens (including phenoxy) is 1. The van der Waals surface area contributed by atoms with Crippen molar-refractivity contribution >= 4 is 17.8 Å².